The van der Waals surface area contributed by atoms with E-state index >= 15 is 0 Å². The number of fused-ring (bicyclic) bond motifs is 1. The summed E-state index contributed by atoms with van der Waals surface area (Å²) in [5.74, 6) is 0.112. The van der Waals surface area contributed by atoms with Gasteiger partial charge in [0, 0.05) is 29.9 Å². The quantitative estimate of drug-likeness (QED) is 0.645. The molecule has 0 spiro atoms. The Balaban J connectivity index is 1.43. The van der Waals surface area contributed by atoms with Crippen molar-refractivity contribution in [3.63, 3.8) is 0 Å². The van der Waals surface area contributed by atoms with Crippen molar-refractivity contribution >= 4 is 32.2 Å². The maximum absolute atomic E-state index is 12.4. The molecule has 2 N–H and O–H groups in total. The number of carbonyl (C=O) groups is 1. The third kappa shape index (κ3) is 3.79. The van der Waals surface area contributed by atoms with Gasteiger partial charge in [0.05, 0.1) is 17.1 Å². The number of amides is 1. The van der Waals surface area contributed by atoms with E-state index < -0.39 is 10.0 Å². The standard InChI is InChI=1S/C17H18N4O3S2/c22-16(18-10-14-11-21-6-7-25-17(21)20-14)13-2-1-3-15(8-13)26(23,24)19-9-12-4-5-12/h1-3,6-8,11-12,19H,4-5,9-10H2,(H,18,22). The van der Waals surface area contributed by atoms with Gasteiger partial charge in [-0.1, -0.05) is 6.07 Å². The summed E-state index contributed by atoms with van der Waals surface area (Å²) in [5, 5.41) is 4.72. The van der Waals surface area contributed by atoms with Crippen LogP contribution in [0.25, 0.3) is 4.96 Å². The second-order valence-electron chi connectivity index (χ2n) is 6.33. The number of nitrogens with zero attached hydrogens (tertiary/aromatic N) is 2. The van der Waals surface area contributed by atoms with E-state index in [4.69, 9.17) is 0 Å². The fourth-order valence-corrected chi connectivity index (χ4v) is 4.45. The van der Waals surface area contributed by atoms with Gasteiger partial charge in [-0.2, -0.15) is 0 Å². The average molecular weight is 390 g/mol. The number of thiazole rings is 1. The zero-order valence-corrected chi connectivity index (χ0v) is 15.5. The molecule has 1 aliphatic carbocycles. The van der Waals surface area contributed by atoms with E-state index in [-0.39, 0.29) is 17.3 Å². The highest BCUT2D eigenvalue weighted by Gasteiger charge is 2.24. The van der Waals surface area contributed by atoms with Gasteiger partial charge in [-0.3, -0.25) is 9.20 Å². The van der Waals surface area contributed by atoms with Crippen molar-refractivity contribution in [1.29, 1.82) is 0 Å². The zero-order chi connectivity index (χ0) is 18.1. The van der Waals surface area contributed by atoms with Crippen LogP contribution in [0.2, 0.25) is 0 Å². The molecule has 0 saturated heterocycles. The lowest BCUT2D eigenvalue weighted by Crippen LogP contribution is -2.27. The van der Waals surface area contributed by atoms with Crippen molar-refractivity contribution in [2.75, 3.05) is 6.54 Å². The van der Waals surface area contributed by atoms with Gasteiger partial charge in [0.2, 0.25) is 10.0 Å². The van der Waals surface area contributed by atoms with Crippen LogP contribution in [-0.2, 0) is 16.6 Å². The predicted molar refractivity (Wildman–Crippen MR) is 98.6 cm³/mol. The van der Waals surface area contributed by atoms with E-state index in [0.717, 1.165) is 23.5 Å². The Labute approximate surface area is 155 Å². The van der Waals surface area contributed by atoms with Crippen LogP contribution in [0.3, 0.4) is 0 Å². The van der Waals surface area contributed by atoms with Gasteiger partial charge in [0.15, 0.2) is 4.96 Å². The molecule has 0 radical (unpaired) electrons. The summed E-state index contributed by atoms with van der Waals surface area (Å²) >= 11 is 1.52. The molecule has 9 heteroatoms. The first-order chi connectivity index (χ1) is 12.5. The molecule has 0 aliphatic heterocycles. The maximum atomic E-state index is 12.4. The van der Waals surface area contributed by atoms with Crippen LogP contribution in [0.1, 0.15) is 28.9 Å². The van der Waals surface area contributed by atoms with Gasteiger partial charge in [-0.15, -0.1) is 11.3 Å². The summed E-state index contributed by atoms with van der Waals surface area (Å²) < 4.78 is 29.2. The topological polar surface area (TPSA) is 92.6 Å². The summed E-state index contributed by atoms with van der Waals surface area (Å²) in [6.45, 7) is 0.736. The van der Waals surface area contributed by atoms with Crippen LogP contribution in [0.5, 0.6) is 0 Å². The summed E-state index contributed by atoms with van der Waals surface area (Å²) in [6, 6.07) is 6.07. The molecule has 2 aromatic heterocycles. The molecule has 0 bridgehead atoms. The van der Waals surface area contributed by atoms with E-state index in [1.165, 1.54) is 23.5 Å². The molecule has 1 aliphatic rings. The van der Waals surface area contributed by atoms with Crippen molar-refractivity contribution in [3.05, 3.63) is 53.3 Å². The molecule has 4 rings (SSSR count). The number of imidazole rings is 1. The Bertz CT molecular complexity index is 1020. The van der Waals surface area contributed by atoms with E-state index in [0.29, 0.717) is 18.0 Å². The van der Waals surface area contributed by atoms with Crippen molar-refractivity contribution in [2.45, 2.75) is 24.3 Å². The number of hydrogen-bond donors (Lipinski definition) is 2. The lowest BCUT2D eigenvalue weighted by Gasteiger charge is -2.08. The van der Waals surface area contributed by atoms with Gasteiger partial charge in [-0.25, -0.2) is 18.1 Å². The fourth-order valence-electron chi connectivity index (χ4n) is 2.57. The average Bonchev–Trinajstić information content (AvgIpc) is 3.24. The van der Waals surface area contributed by atoms with Crippen molar-refractivity contribution in [2.24, 2.45) is 5.92 Å². The molecule has 0 unspecified atom stereocenters. The largest absolute Gasteiger partial charge is 0.346 e. The molecule has 7 nitrogen and oxygen atoms in total. The first-order valence-electron chi connectivity index (χ1n) is 8.30. The number of hydrogen-bond acceptors (Lipinski definition) is 5. The summed E-state index contributed by atoms with van der Waals surface area (Å²) in [5.41, 5.74) is 1.06. The van der Waals surface area contributed by atoms with Crippen LogP contribution < -0.4 is 10.0 Å². The van der Waals surface area contributed by atoms with Gasteiger partial charge in [0.25, 0.3) is 5.91 Å². The number of aromatic nitrogens is 2. The van der Waals surface area contributed by atoms with Gasteiger partial charge in [-0.05, 0) is 37.0 Å². The van der Waals surface area contributed by atoms with Crippen LogP contribution in [0.15, 0.2) is 46.9 Å². The Morgan fingerprint density at radius 3 is 2.96 bits per heavy atom. The first-order valence-corrected chi connectivity index (χ1v) is 10.7. The minimum absolute atomic E-state index is 0.105. The molecule has 3 aromatic rings. The Kier molecular flexibility index (Phi) is 4.51. The highest BCUT2D eigenvalue weighted by molar-refractivity contribution is 7.89. The highest BCUT2D eigenvalue weighted by Crippen LogP contribution is 2.28. The summed E-state index contributed by atoms with van der Waals surface area (Å²) in [4.78, 5) is 17.7. The number of carbonyl (C=O) groups excluding carboxylic acids is 1. The second kappa shape index (κ2) is 6.82. The van der Waals surface area contributed by atoms with Crippen molar-refractivity contribution < 1.29 is 13.2 Å². The maximum Gasteiger partial charge on any atom is 0.251 e. The third-order valence-electron chi connectivity index (χ3n) is 4.24. The van der Waals surface area contributed by atoms with Gasteiger partial charge in [0.1, 0.15) is 0 Å². The molecule has 136 valence electrons. The molecular weight excluding hydrogens is 372 g/mol. The lowest BCUT2D eigenvalue weighted by molar-refractivity contribution is 0.0950. The lowest BCUT2D eigenvalue weighted by atomic mass is 10.2. The minimum atomic E-state index is -3.59. The first kappa shape index (κ1) is 17.2. The van der Waals surface area contributed by atoms with E-state index in [1.807, 2.05) is 22.2 Å². The zero-order valence-electron chi connectivity index (χ0n) is 13.9. The minimum Gasteiger partial charge on any atom is -0.346 e. The molecule has 1 aromatic carbocycles. The van der Waals surface area contributed by atoms with Crippen LogP contribution >= 0.6 is 11.3 Å². The van der Waals surface area contributed by atoms with E-state index in [1.54, 1.807) is 12.1 Å². The Morgan fingerprint density at radius 2 is 2.19 bits per heavy atom. The molecule has 2 heterocycles. The molecular formula is C17H18N4O3S2. The van der Waals surface area contributed by atoms with Gasteiger partial charge < -0.3 is 5.32 Å². The Morgan fingerprint density at radius 1 is 1.35 bits per heavy atom. The molecule has 1 amide bonds. The normalized spacial score (nSPS) is 14.6. The van der Waals surface area contributed by atoms with Crippen molar-refractivity contribution in [3.8, 4) is 0 Å². The van der Waals surface area contributed by atoms with Crippen molar-refractivity contribution in [1.82, 2.24) is 19.4 Å². The molecule has 1 saturated carbocycles. The number of benzene rings is 1. The smallest absolute Gasteiger partial charge is 0.251 e. The second-order valence-corrected chi connectivity index (χ2v) is 8.97. The number of nitrogens with one attached hydrogen (secondary N) is 2. The monoisotopic (exact) mass is 390 g/mol. The highest BCUT2D eigenvalue weighted by atomic mass is 32.2. The fraction of sp³-hybridized carbons (Fsp3) is 0.294. The summed E-state index contributed by atoms with van der Waals surface area (Å²) in [6.07, 6.45) is 5.89. The van der Waals surface area contributed by atoms with Crippen LogP contribution in [-0.4, -0.2) is 30.3 Å². The SMILES string of the molecule is O=C(NCc1cn2ccsc2n1)c1cccc(S(=O)(=O)NCC2CC2)c1. The molecule has 1 fully saturated rings. The van der Waals surface area contributed by atoms with E-state index in [2.05, 4.69) is 15.0 Å². The van der Waals surface area contributed by atoms with Crippen LogP contribution in [0.4, 0.5) is 0 Å². The van der Waals surface area contributed by atoms with E-state index in [9.17, 15) is 13.2 Å². The van der Waals surface area contributed by atoms with Gasteiger partial charge >= 0.3 is 0 Å². The Hall–Kier alpha value is -2.23. The number of sulfonamides is 1. The third-order valence-corrected chi connectivity index (χ3v) is 6.43. The number of rotatable bonds is 7. The molecule has 26 heavy (non-hydrogen) atoms. The molecule has 0 atom stereocenters. The van der Waals surface area contributed by atoms with Crippen LogP contribution in [0, 0.1) is 5.92 Å². The predicted octanol–water partition coefficient (Wildman–Crippen LogP) is 2.01. The summed E-state index contributed by atoms with van der Waals surface area (Å²) in [7, 11) is -3.59.